The van der Waals surface area contributed by atoms with Gasteiger partial charge in [-0.05, 0) is 24.1 Å². The van der Waals surface area contributed by atoms with Crippen LogP contribution < -0.4 is 0 Å². The number of benzene rings is 1. The van der Waals surface area contributed by atoms with Gasteiger partial charge >= 0.3 is 0 Å². The minimum absolute atomic E-state index is 0.0920. The lowest BCUT2D eigenvalue weighted by atomic mass is 10.2. The average molecular weight is 193 g/mol. The molecular weight excluding hydrogens is 186 g/mol. The molecule has 0 atom stereocenters. The van der Waals surface area contributed by atoms with Crippen LogP contribution in [0.4, 0.5) is 4.39 Å². The quantitative estimate of drug-likeness (QED) is 0.596. The monoisotopic (exact) mass is 192 g/mol. The number of hydrogen-bond acceptors (Lipinski definition) is 0. The van der Waals surface area contributed by atoms with Crippen LogP contribution in [0.5, 0.6) is 0 Å². The lowest BCUT2D eigenvalue weighted by Crippen LogP contribution is -1.84. The molecule has 11 heavy (non-hydrogen) atoms. The van der Waals surface area contributed by atoms with E-state index in [0.717, 1.165) is 12.0 Å². The number of halogens is 3. The molecule has 1 rings (SSSR count). The molecule has 0 unspecified atom stereocenters. The molecule has 1 aromatic rings. The van der Waals surface area contributed by atoms with Crippen LogP contribution in [0.3, 0.4) is 0 Å². The highest BCUT2D eigenvalue weighted by Gasteiger charge is 2.05. The Morgan fingerprint density at radius 1 is 1.27 bits per heavy atom. The Morgan fingerprint density at radius 3 is 2.09 bits per heavy atom. The highest BCUT2D eigenvalue weighted by Crippen LogP contribution is 2.24. The zero-order valence-electron chi connectivity index (χ0n) is 6.00. The van der Waals surface area contributed by atoms with Gasteiger partial charge in [0, 0.05) is 0 Å². The van der Waals surface area contributed by atoms with Crippen LogP contribution >= 0.6 is 23.2 Å². The fraction of sp³-hybridized carbons (Fsp3) is 0.250. The number of hydrogen-bond donors (Lipinski definition) is 0. The molecule has 0 fully saturated rings. The molecule has 0 radical (unpaired) electrons. The van der Waals surface area contributed by atoms with E-state index in [9.17, 15) is 4.39 Å². The summed E-state index contributed by atoms with van der Waals surface area (Å²) in [5.41, 5.74) is 0.946. The van der Waals surface area contributed by atoms with Crippen molar-refractivity contribution in [3.05, 3.63) is 33.6 Å². The van der Waals surface area contributed by atoms with Gasteiger partial charge in [0.2, 0.25) is 0 Å². The smallest absolute Gasteiger partial charge is 0.160 e. The van der Waals surface area contributed by atoms with Gasteiger partial charge in [0.1, 0.15) is 0 Å². The van der Waals surface area contributed by atoms with Crippen molar-refractivity contribution in [2.24, 2.45) is 0 Å². The van der Waals surface area contributed by atoms with E-state index in [4.69, 9.17) is 23.2 Å². The third-order valence-corrected chi connectivity index (χ3v) is 2.00. The number of aryl methyl sites for hydroxylation is 1. The lowest BCUT2D eigenvalue weighted by molar-refractivity contribution is 0.628. The minimum atomic E-state index is -0.537. The second-order valence-corrected chi connectivity index (χ2v) is 3.04. The van der Waals surface area contributed by atoms with E-state index in [1.165, 1.54) is 0 Å². The van der Waals surface area contributed by atoms with Gasteiger partial charge in [-0.25, -0.2) is 4.39 Å². The SMILES string of the molecule is CCc1cc(Cl)c(F)c(Cl)c1. The third-order valence-electron chi connectivity index (χ3n) is 1.45. The zero-order chi connectivity index (χ0) is 8.43. The van der Waals surface area contributed by atoms with Gasteiger partial charge in [0.15, 0.2) is 5.82 Å². The first-order chi connectivity index (χ1) is 5.15. The normalized spacial score (nSPS) is 10.2. The van der Waals surface area contributed by atoms with Gasteiger partial charge in [0.05, 0.1) is 10.0 Å². The third kappa shape index (κ3) is 1.85. The molecule has 1 aromatic carbocycles. The fourth-order valence-corrected chi connectivity index (χ4v) is 1.34. The lowest BCUT2D eigenvalue weighted by Gasteiger charge is -2.00. The summed E-state index contributed by atoms with van der Waals surface area (Å²) in [4.78, 5) is 0. The molecule has 0 saturated heterocycles. The van der Waals surface area contributed by atoms with Crippen molar-refractivity contribution in [2.45, 2.75) is 13.3 Å². The maximum Gasteiger partial charge on any atom is 0.160 e. The first kappa shape index (κ1) is 8.82. The molecule has 0 amide bonds. The molecule has 0 bridgehead atoms. The van der Waals surface area contributed by atoms with Gasteiger partial charge in [-0.3, -0.25) is 0 Å². The van der Waals surface area contributed by atoms with Crippen LogP contribution in [-0.4, -0.2) is 0 Å². The van der Waals surface area contributed by atoms with Crippen LogP contribution in [0.15, 0.2) is 12.1 Å². The second kappa shape index (κ2) is 3.42. The van der Waals surface area contributed by atoms with E-state index in [1.807, 2.05) is 6.92 Å². The largest absolute Gasteiger partial charge is 0.204 e. The summed E-state index contributed by atoms with van der Waals surface area (Å²) >= 11 is 11.1. The molecule has 0 N–H and O–H groups in total. The van der Waals surface area contributed by atoms with Crippen molar-refractivity contribution < 1.29 is 4.39 Å². The van der Waals surface area contributed by atoms with Crippen molar-refractivity contribution in [2.75, 3.05) is 0 Å². The first-order valence-corrected chi connectivity index (χ1v) is 4.04. The molecule has 0 heterocycles. The summed E-state index contributed by atoms with van der Waals surface area (Å²) in [6.45, 7) is 1.96. The van der Waals surface area contributed by atoms with Gasteiger partial charge in [-0.1, -0.05) is 30.1 Å². The molecule has 0 aliphatic heterocycles. The average Bonchev–Trinajstić information content (AvgIpc) is 1.99. The number of rotatable bonds is 1. The standard InChI is InChI=1S/C8H7Cl2F/c1-2-5-3-6(9)8(11)7(10)4-5/h3-4H,2H2,1H3. The Kier molecular flexibility index (Phi) is 2.74. The van der Waals surface area contributed by atoms with E-state index >= 15 is 0 Å². The Bertz CT molecular complexity index is 248. The Hall–Kier alpha value is -0.270. The van der Waals surface area contributed by atoms with E-state index < -0.39 is 5.82 Å². The summed E-state index contributed by atoms with van der Waals surface area (Å²) < 4.78 is 12.8. The summed E-state index contributed by atoms with van der Waals surface area (Å²) in [7, 11) is 0. The zero-order valence-corrected chi connectivity index (χ0v) is 7.51. The van der Waals surface area contributed by atoms with E-state index in [-0.39, 0.29) is 10.0 Å². The van der Waals surface area contributed by atoms with Crippen molar-refractivity contribution in [1.29, 1.82) is 0 Å². The Morgan fingerprint density at radius 2 is 1.73 bits per heavy atom. The van der Waals surface area contributed by atoms with Gasteiger partial charge in [-0.15, -0.1) is 0 Å². The van der Waals surface area contributed by atoms with Crippen molar-refractivity contribution >= 4 is 23.2 Å². The molecular formula is C8H7Cl2F. The fourth-order valence-electron chi connectivity index (χ4n) is 0.812. The molecule has 0 aliphatic carbocycles. The topological polar surface area (TPSA) is 0 Å². The summed E-state index contributed by atoms with van der Waals surface area (Å²) in [5.74, 6) is -0.537. The Balaban J connectivity index is 3.21. The summed E-state index contributed by atoms with van der Waals surface area (Å²) in [5, 5.41) is 0.184. The predicted octanol–water partition coefficient (Wildman–Crippen LogP) is 3.69. The van der Waals surface area contributed by atoms with Crippen LogP contribution in [0.1, 0.15) is 12.5 Å². The summed E-state index contributed by atoms with van der Waals surface area (Å²) in [6.07, 6.45) is 0.805. The molecule has 0 nitrogen and oxygen atoms in total. The van der Waals surface area contributed by atoms with E-state index in [2.05, 4.69) is 0 Å². The van der Waals surface area contributed by atoms with Gasteiger partial charge in [-0.2, -0.15) is 0 Å². The van der Waals surface area contributed by atoms with E-state index in [0.29, 0.717) is 0 Å². The van der Waals surface area contributed by atoms with Gasteiger partial charge < -0.3 is 0 Å². The second-order valence-electron chi connectivity index (χ2n) is 2.23. The molecule has 0 saturated carbocycles. The minimum Gasteiger partial charge on any atom is -0.204 e. The molecule has 60 valence electrons. The summed E-state index contributed by atoms with van der Waals surface area (Å²) in [6, 6.07) is 3.17. The molecule has 3 heteroatoms. The van der Waals surface area contributed by atoms with Crippen molar-refractivity contribution in [3.8, 4) is 0 Å². The maximum atomic E-state index is 12.8. The highest BCUT2D eigenvalue weighted by atomic mass is 35.5. The Labute approximate surface area is 74.9 Å². The maximum absolute atomic E-state index is 12.8. The molecule has 0 aromatic heterocycles. The van der Waals surface area contributed by atoms with Crippen LogP contribution in [0.2, 0.25) is 10.0 Å². The van der Waals surface area contributed by atoms with Crippen molar-refractivity contribution in [3.63, 3.8) is 0 Å². The van der Waals surface area contributed by atoms with Crippen molar-refractivity contribution in [1.82, 2.24) is 0 Å². The molecule has 0 aliphatic rings. The van der Waals surface area contributed by atoms with Gasteiger partial charge in [0.25, 0.3) is 0 Å². The highest BCUT2D eigenvalue weighted by molar-refractivity contribution is 6.34. The predicted molar refractivity (Wildman–Crippen MR) is 45.8 cm³/mol. The van der Waals surface area contributed by atoms with E-state index in [1.54, 1.807) is 12.1 Å². The van der Waals surface area contributed by atoms with Crippen LogP contribution in [0, 0.1) is 5.82 Å². The van der Waals surface area contributed by atoms with Crippen LogP contribution in [0.25, 0.3) is 0 Å². The molecule has 0 spiro atoms. The van der Waals surface area contributed by atoms with Crippen LogP contribution in [-0.2, 0) is 6.42 Å². The first-order valence-electron chi connectivity index (χ1n) is 3.28.